The number of sulfonamides is 1. The number of carbonyl (C=O) groups is 1. The Kier molecular flexibility index (Phi) is 7.69. The molecule has 0 unspecified atom stereocenters. The fraction of sp³-hybridized carbons (Fsp3) is 0.350. The molecule has 0 saturated heterocycles. The van der Waals surface area contributed by atoms with Crippen molar-refractivity contribution in [2.24, 2.45) is 0 Å². The Balaban J connectivity index is 2.15. The van der Waals surface area contributed by atoms with Gasteiger partial charge in [0, 0.05) is 12.1 Å². The summed E-state index contributed by atoms with van der Waals surface area (Å²) in [6.07, 6.45) is 1.06. The molecule has 7 nitrogen and oxygen atoms in total. The standard InChI is InChI=1S/C20H26N2O5S/c1-4-26-18-12-8-6-10-16(18)14-21-20(23)15-22(28(3,24)25)17-11-7-9-13-19(17)27-5-2/h6-13H,4-5,14-15H2,1-3H3,(H,21,23). The molecule has 0 aliphatic rings. The van der Waals surface area contributed by atoms with Crippen LogP contribution in [0, 0.1) is 0 Å². The SMILES string of the molecule is CCOc1ccccc1CNC(=O)CN(c1ccccc1OCC)S(C)(=O)=O. The quantitative estimate of drug-likeness (QED) is 0.656. The van der Waals surface area contributed by atoms with E-state index in [0.717, 1.165) is 16.1 Å². The van der Waals surface area contributed by atoms with Crippen molar-refractivity contribution in [2.45, 2.75) is 20.4 Å². The van der Waals surface area contributed by atoms with Crippen LogP contribution >= 0.6 is 0 Å². The predicted molar refractivity (Wildman–Crippen MR) is 109 cm³/mol. The lowest BCUT2D eigenvalue weighted by Crippen LogP contribution is -2.40. The number of hydrogen-bond acceptors (Lipinski definition) is 5. The lowest BCUT2D eigenvalue weighted by Gasteiger charge is -2.24. The van der Waals surface area contributed by atoms with E-state index in [-0.39, 0.29) is 13.1 Å². The van der Waals surface area contributed by atoms with Gasteiger partial charge in [-0.25, -0.2) is 8.42 Å². The molecule has 0 aromatic heterocycles. The van der Waals surface area contributed by atoms with Crippen molar-refractivity contribution in [3.63, 3.8) is 0 Å². The van der Waals surface area contributed by atoms with Gasteiger partial charge in [-0.1, -0.05) is 30.3 Å². The van der Waals surface area contributed by atoms with Gasteiger partial charge in [-0.15, -0.1) is 0 Å². The zero-order valence-electron chi connectivity index (χ0n) is 16.3. The molecule has 2 aromatic carbocycles. The number of rotatable bonds is 10. The van der Waals surface area contributed by atoms with Crippen molar-refractivity contribution in [1.29, 1.82) is 0 Å². The molecule has 0 spiro atoms. The van der Waals surface area contributed by atoms with E-state index in [9.17, 15) is 13.2 Å². The third-order valence-corrected chi connectivity index (χ3v) is 5.00. The molecule has 0 fully saturated rings. The molecule has 0 heterocycles. The largest absolute Gasteiger partial charge is 0.494 e. The first-order valence-corrected chi connectivity index (χ1v) is 10.9. The van der Waals surface area contributed by atoms with Crippen LogP contribution in [0.15, 0.2) is 48.5 Å². The summed E-state index contributed by atoms with van der Waals surface area (Å²) >= 11 is 0. The number of benzene rings is 2. The predicted octanol–water partition coefficient (Wildman–Crippen LogP) is 2.57. The number of hydrogen-bond donors (Lipinski definition) is 1. The van der Waals surface area contributed by atoms with E-state index < -0.39 is 15.9 Å². The summed E-state index contributed by atoms with van der Waals surface area (Å²) < 4.78 is 36.7. The van der Waals surface area contributed by atoms with Crippen molar-refractivity contribution in [1.82, 2.24) is 5.32 Å². The summed E-state index contributed by atoms with van der Waals surface area (Å²) in [6, 6.07) is 14.1. The molecule has 2 aromatic rings. The van der Waals surface area contributed by atoms with Crippen molar-refractivity contribution in [2.75, 3.05) is 30.3 Å². The number of ether oxygens (including phenoxy) is 2. The van der Waals surface area contributed by atoms with Crippen LogP contribution in [-0.2, 0) is 21.4 Å². The smallest absolute Gasteiger partial charge is 0.241 e. The van der Waals surface area contributed by atoms with Gasteiger partial charge in [-0.2, -0.15) is 0 Å². The van der Waals surface area contributed by atoms with Crippen LogP contribution in [0.3, 0.4) is 0 Å². The third-order valence-electron chi connectivity index (χ3n) is 3.87. The van der Waals surface area contributed by atoms with E-state index in [1.807, 2.05) is 38.1 Å². The maximum absolute atomic E-state index is 12.5. The van der Waals surface area contributed by atoms with E-state index >= 15 is 0 Å². The van der Waals surface area contributed by atoms with Crippen LogP contribution in [0.2, 0.25) is 0 Å². The molecular weight excluding hydrogens is 380 g/mol. The van der Waals surface area contributed by atoms with Crippen LogP contribution in [0.1, 0.15) is 19.4 Å². The van der Waals surface area contributed by atoms with Crippen LogP contribution in [0.4, 0.5) is 5.69 Å². The fourth-order valence-corrected chi connectivity index (χ4v) is 3.51. The second-order valence-electron chi connectivity index (χ2n) is 5.99. The Morgan fingerprint density at radius 1 is 0.964 bits per heavy atom. The van der Waals surface area contributed by atoms with Crippen LogP contribution in [0.25, 0.3) is 0 Å². The number of amides is 1. The molecule has 2 rings (SSSR count). The van der Waals surface area contributed by atoms with Gasteiger partial charge < -0.3 is 14.8 Å². The molecule has 0 aliphatic heterocycles. The fourth-order valence-electron chi connectivity index (χ4n) is 2.65. The highest BCUT2D eigenvalue weighted by molar-refractivity contribution is 7.92. The zero-order valence-corrected chi connectivity index (χ0v) is 17.2. The summed E-state index contributed by atoms with van der Waals surface area (Å²) in [5.74, 6) is 0.667. The van der Waals surface area contributed by atoms with Crippen molar-refractivity contribution >= 4 is 21.6 Å². The average Bonchev–Trinajstić information content (AvgIpc) is 2.66. The van der Waals surface area contributed by atoms with E-state index in [1.165, 1.54) is 0 Å². The summed E-state index contributed by atoms with van der Waals surface area (Å²) in [7, 11) is -3.69. The molecule has 152 valence electrons. The average molecular weight is 407 g/mol. The molecule has 1 amide bonds. The Morgan fingerprint density at radius 2 is 1.54 bits per heavy atom. The van der Waals surface area contributed by atoms with Gasteiger partial charge in [0.25, 0.3) is 0 Å². The lowest BCUT2D eigenvalue weighted by atomic mass is 10.2. The molecule has 8 heteroatoms. The van der Waals surface area contributed by atoms with E-state index in [4.69, 9.17) is 9.47 Å². The minimum Gasteiger partial charge on any atom is -0.494 e. The van der Waals surface area contributed by atoms with Gasteiger partial charge in [0.1, 0.15) is 18.0 Å². The van der Waals surface area contributed by atoms with E-state index in [2.05, 4.69) is 5.32 Å². The number of nitrogens with one attached hydrogen (secondary N) is 1. The van der Waals surface area contributed by atoms with E-state index in [1.54, 1.807) is 24.3 Å². The van der Waals surface area contributed by atoms with E-state index in [0.29, 0.717) is 30.4 Å². The third kappa shape index (κ3) is 5.88. The maximum Gasteiger partial charge on any atom is 0.241 e. The van der Waals surface area contributed by atoms with Gasteiger partial charge in [-0.3, -0.25) is 9.10 Å². The minimum absolute atomic E-state index is 0.236. The molecule has 1 N–H and O–H groups in total. The lowest BCUT2D eigenvalue weighted by molar-refractivity contribution is -0.119. The summed E-state index contributed by atoms with van der Waals surface area (Å²) in [4.78, 5) is 12.5. The Labute approximate surface area is 166 Å². The van der Waals surface area contributed by atoms with Crippen molar-refractivity contribution in [3.8, 4) is 11.5 Å². The molecule has 0 radical (unpaired) electrons. The van der Waals surface area contributed by atoms with Crippen LogP contribution < -0.4 is 19.1 Å². The monoisotopic (exact) mass is 406 g/mol. The van der Waals surface area contributed by atoms with Crippen molar-refractivity contribution < 1.29 is 22.7 Å². The van der Waals surface area contributed by atoms with Gasteiger partial charge in [-0.05, 0) is 32.0 Å². The highest BCUT2D eigenvalue weighted by atomic mass is 32.2. The first kappa shape index (κ1) is 21.6. The summed E-state index contributed by atoms with van der Waals surface area (Å²) in [5, 5.41) is 2.76. The van der Waals surface area contributed by atoms with Crippen LogP contribution in [-0.4, -0.2) is 40.3 Å². The van der Waals surface area contributed by atoms with Gasteiger partial charge in [0.2, 0.25) is 15.9 Å². The molecule has 28 heavy (non-hydrogen) atoms. The van der Waals surface area contributed by atoms with Gasteiger partial charge >= 0.3 is 0 Å². The van der Waals surface area contributed by atoms with Crippen molar-refractivity contribution in [3.05, 3.63) is 54.1 Å². The Morgan fingerprint density at radius 3 is 2.18 bits per heavy atom. The Hall–Kier alpha value is -2.74. The number of carbonyl (C=O) groups excluding carboxylic acids is 1. The highest BCUT2D eigenvalue weighted by Crippen LogP contribution is 2.29. The highest BCUT2D eigenvalue weighted by Gasteiger charge is 2.23. The van der Waals surface area contributed by atoms with Crippen LogP contribution in [0.5, 0.6) is 11.5 Å². The number of para-hydroxylation sites is 3. The number of anilines is 1. The minimum atomic E-state index is -3.69. The van der Waals surface area contributed by atoms with Gasteiger partial charge in [0.15, 0.2) is 0 Å². The summed E-state index contributed by atoms with van der Waals surface area (Å²) in [6.45, 7) is 4.48. The molecule has 0 bridgehead atoms. The first-order valence-electron chi connectivity index (χ1n) is 9.03. The zero-order chi connectivity index (χ0) is 20.6. The molecule has 0 aliphatic carbocycles. The molecule has 0 saturated carbocycles. The maximum atomic E-state index is 12.5. The molecule has 0 atom stereocenters. The second kappa shape index (κ2) is 9.98. The topological polar surface area (TPSA) is 84.9 Å². The Bertz CT molecular complexity index is 899. The second-order valence-corrected chi connectivity index (χ2v) is 7.89. The normalized spacial score (nSPS) is 11.0. The molecular formula is C20H26N2O5S. The van der Waals surface area contributed by atoms with Gasteiger partial charge in [0.05, 0.1) is 25.2 Å². The summed E-state index contributed by atoms with van der Waals surface area (Å²) in [5.41, 5.74) is 1.15. The number of nitrogens with zero attached hydrogens (tertiary/aromatic N) is 1. The first-order chi connectivity index (χ1) is 13.4.